The van der Waals surface area contributed by atoms with Crippen LogP contribution in [0.4, 0.5) is 0 Å². The molecular weight excluding hydrogens is 162 g/mol. The van der Waals surface area contributed by atoms with Gasteiger partial charge in [-0.1, -0.05) is 13.3 Å². The number of carbonyl (C=O) groups is 1. The third-order valence-corrected chi connectivity index (χ3v) is 2.72. The molecule has 1 aliphatic rings. The first-order chi connectivity index (χ1) is 6.31. The van der Waals surface area contributed by atoms with E-state index in [4.69, 9.17) is 0 Å². The SMILES string of the molecule is CCCC1CC(=O)Cc2cccn21. The van der Waals surface area contributed by atoms with Gasteiger partial charge in [0, 0.05) is 30.8 Å². The van der Waals surface area contributed by atoms with Crippen LogP contribution in [-0.2, 0) is 11.2 Å². The Labute approximate surface area is 78.6 Å². The minimum Gasteiger partial charge on any atom is -0.348 e. The highest BCUT2D eigenvalue weighted by molar-refractivity contribution is 5.82. The van der Waals surface area contributed by atoms with Crippen LogP contribution in [0.2, 0.25) is 0 Å². The molecule has 1 aromatic rings. The van der Waals surface area contributed by atoms with Gasteiger partial charge in [-0.2, -0.15) is 0 Å². The first-order valence-electron chi connectivity index (χ1n) is 4.98. The molecule has 0 N–H and O–H groups in total. The summed E-state index contributed by atoms with van der Waals surface area (Å²) in [6.07, 6.45) is 5.73. The topological polar surface area (TPSA) is 22.0 Å². The fraction of sp³-hybridized carbons (Fsp3) is 0.545. The normalized spacial score (nSPS) is 21.6. The Morgan fingerprint density at radius 1 is 1.62 bits per heavy atom. The number of hydrogen-bond acceptors (Lipinski definition) is 1. The van der Waals surface area contributed by atoms with Gasteiger partial charge in [-0.3, -0.25) is 4.79 Å². The molecule has 13 heavy (non-hydrogen) atoms. The van der Waals surface area contributed by atoms with Gasteiger partial charge in [0.05, 0.1) is 0 Å². The average Bonchev–Trinajstić information content (AvgIpc) is 2.52. The Hall–Kier alpha value is -1.05. The molecule has 0 saturated carbocycles. The maximum Gasteiger partial charge on any atom is 0.140 e. The highest BCUT2D eigenvalue weighted by Gasteiger charge is 2.22. The Morgan fingerprint density at radius 2 is 2.46 bits per heavy atom. The molecule has 0 spiro atoms. The molecule has 0 amide bonds. The zero-order valence-electron chi connectivity index (χ0n) is 7.99. The van der Waals surface area contributed by atoms with E-state index in [0.717, 1.165) is 19.3 Å². The summed E-state index contributed by atoms with van der Waals surface area (Å²) in [6.45, 7) is 2.17. The van der Waals surface area contributed by atoms with Crippen LogP contribution in [0, 0.1) is 0 Å². The maximum atomic E-state index is 11.4. The second-order valence-corrected chi connectivity index (χ2v) is 3.77. The lowest BCUT2D eigenvalue weighted by atomic mass is 9.98. The standard InChI is InChI=1S/C11H15NO/c1-2-4-9-7-11(13)8-10-5-3-6-12(9)10/h3,5-6,9H,2,4,7-8H2,1H3. The summed E-state index contributed by atoms with van der Waals surface area (Å²) < 4.78 is 2.27. The molecule has 1 unspecified atom stereocenters. The number of fused-ring (bicyclic) bond motifs is 1. The maximum absolute atomic E-state index is 11.4. The monoisotopic (exact) mass is 177 g/mol. The van der Waals surface area contributed by atoms with Crippen molar-refractivity contribution in [1.29, 1.82) is 0 Å². The average molecular weight is 177 g/mol. The summed E-state index contributed by atoms with van der Waals surface area (Å²) in [5.41, 5.74) is 1.19. The lowest BCUT2D eigenvalue weighted by molar-refractivity contribution is -0.120. The minimum atomic E-state index is 0.393. The lowest BCUT2D eigenvalue weighted by Crippen LogP contribution is -2.23. The van der Waals surface area contributed by atoms with E-state index >= 15 is 0 Å². The Kier molecular flexibility index (Phi) is 2.21. The van der Waals surface area contributed by atoms with Gasteiger partial charge in [0.2, 0.25) is 0 Å². The van der Waals surface area contributed by atoms with Crippen LogP contribution in [0.5, 0.6) is 0 Å². The highest BCUT2D eigenvalue weighted by Crippen LogP contribution is 2.26. The minimum absolute atomic E-state index is 0.393. The zero-order chi connectivity index (χ0) is 9.26. The number of rotatable bonds is 2. The van der Waals surface area contributed by atoms with E-state index in [-0.39, 0.29) is 0 Å². The summed E-state index contributed by atoms with van der Waals surface area (Å²) >= 11 is 0. The molecule has 0 bridgehead atoms. The molecule has 2 rings (SSSR count). The van der Waals surface area contributed by atoms with Crippen molar-refractivity contribution in [2.24, 2.45) is 0 Å². The number of carbonyl (C=O) groups excluding carboxylic acids is 1. The van der Waals surface area contributed by atoms with Crippen LogP contribution in [0.3, 0.4) is 0 Å². The third-order valence-electron chi connectivity index (χ3n) is 2.72. The first-order valence-corrected chi connectivity index (χ1v) is 4.98. The molecule has 2 heterocycles. The van der Waals surface area contributed by atoms with Crippen LogP contribution in [0.25, 0.3) is 0 Å². The van der Waals surface area contributed by atoms with E-state index in [0.29, 0.717) is 18.2 Å². The van der Waals surface area contributed by atoms with Crippen molar-refractivity contribution in [3.63, 3.8) is 0 Å². The smallest absolute Gasteiger partial charge is 0.140 e. The van der Waals surface area contributed by atoms with Gasteiger partial charge in [0.25, 0.3) is 0 Å². The van der Waals surface area contributed by atoms with Crippen molar-refractivity contribution in [3.05, 3.63) is 24.0 Å². The molecule has 0 fully saturated rings. The van der Waals surface area contributed by atoms with E-state index in [1.54, 1.807) is 0 Å². The number of ketones is 1. The Balaban J connectivity index is 2.27. The summed E-state index contributed by atoms with van der Waals surface area (Å²) in [5.74, 6) is 0.393. The van der Waals surface area contributed by atoms with Gasteiger partial charge in [0.15, 0.2) is 0 Å². The Bertz CT molecular complexity index is 314. The molecular formula is C11H15NO. The fourth-order valence-corrected chi connectivity index (χ4v) is 2.14. The highest BCUT2D eigenvalue weighted by atomic mass is 16.1. The summed E-state index contributed by atoms with van der Waals surface area (Å²) in [6, 6.07) is 4.52. The number of Topliss-reactive ketones (excluding diaryl/α,β-unsaturated/α-hetero) is 1. The summed E-state index contributed by atoms with van der Waals surface area (Å²) in [7, 11) is 0. The number of aromatic nitrogens is 1. The van der Waals surface area contributed by atoms with Crippen molar-refractivity contribution in [1.82, 2.24) is 4.57 Å². The summed E-state index contributed by atoms with van der Waals surface area (Å²) in [5, 5.41) is 0. The van der Waals surface area contributed by atoms with Crippen molar-refractivity contribution in [2.45, 2.75) is 38.6 Å². The van der Waals surface area contributed by atoms with Gasteiger partial charge >= 0.3 is 0 Å². The van der Waals surface area contributed by atoms with E-state index in [2.05, 4.69) is 23.8 Å². The molecule has 1 atom stereocenters. The van der Waals surface area contributed by atoms with Crippen LogP contribution in [0.15, 0.2) is 18.3 Å². The molecule has 0 aromatic carbocycles. The predicted molar refractivity (Wildman–Crippen MR) is 51.7 cm³/mol. The molecule has 2 nitrogen and oxygen atoms in total. The fourth-order valence-electron chi connectivity index (χ4n) is 2.14. The van der Waals surface area contributed by atoms with E-state index in [1.165, 1.54) is 5.69 Å². The predicted octanol–water partition coefficient (Wildman–Crippen LogP) is 2.34. The summed E-state index contributed by atoms with van der Waals surface area (Å²) in [4.78, 5) is 11.4. The molecule has 2 heteroatoms. The second kappa shape index (κ2) is 3.36. The van der Waals surface area contributed by atoms with Gasteiger partial charge in [-0.25, -0.2) is 0 Å². The van der Waals surface area contributed by atoms with E-state index in [9.17, 15) is 4.79 Å². The molecule has 0 saturated heterocycles. The molecule has 1 aromatic heterocycles. The van der Waals surface area contributed by atoms with Gasteiger partial charge in [-0.05, 0) is 18.6 Å². The molecule has 0 aliphatic carbocycles. The van der Waals surface area contributed by atoms with Crippen molar-refractivity contribution in [3.8, 4) is 0 Å². The van der Waals surface area contributed by atoms with E-state index in [1.807, 2.05) is 6.07 Å². The van der Waals surface area contributed by atoms with Gasteiger partial charge in [0.1, 0.15) is 5.78 Å². The molecule has 70 valence electrons. The molecule has 0 radical (unpaired) electrons. The molecule has 1 aliphatic heterocycles. The van der Waals surface area contributed by atoms with E-state index < -0.39 is 0 Å². The van der Waals surface area contributed by atoms with Crippen molar-refractivity contribution in [2.75, 3.05) is 0 Å². The van der Waals surface area contributed by atoms with Crippen molar-refractivity contribution < 1.29 is 4.79 Å². The lowest BCUT2D eigenvalue weighted by Gasteiger charge is -2.25. The van der Waals surface area contributed by atoms with Gasteiger partial charge in [-0.15, -0.1) is 0 Å². The van der Waals surface area contributed by atoms with Crippen LogP contribution in [-0.4, -0.2) is 10.4 Å². The van der Waals surface area contributed by atoms with Gasteiger partial charge < -0.3 is 4.57 Å². The second-order valence-electron chi connectivity index (χ2n) is 3.77. The number of hydrogen-bond donors (Lipinski definition) is 0. The quantitative estimate of drug-likeness (QED) is 0.679. The number of nitrogens with zero attached hydrogens (tertiary/aromatic N) is 1. The van der Waals surface area contributed by atoms with Crippen LogP contribution in [0.1, 0.15) is 37.9 Å². The largest absolute Gasteiger partial charge is 0.348 e. The third kappa shape index (κ3) is 1.53. The Morgan fingerprint density at radius 3 is 3.23 bits per heavy atom. The van der Waals surface area contributed by atoms with Crippen LogP contribution < -0.4 is 0 Å². The zero-order valence-corrected chi connectivity index (χ0v) is 7.99. The van der Waals surface area contributed by atoms with Crippen LogP contribution >= 0.6 is 0 Å². The van der Waals surface area contributed by atoms with Crippen molar-refractivity contribution >= 4 is 5.78 Å². The first kappa shape index (κ1) is 8.54.